The van der Waals surface area contributed by atoms with E-state index in [-0.39, 0.29) is 12.8 Å². The van der Waals surface area contributed by atoms with E-state index in [1.54, 1.807) is 0 Å². The predicted octanol–water partition coefficient (Wildman–Crippen LogP) is 7.27. The zero-order valence-corrected chi connectivity index (χ0v) is 28.0. The fourth-order valence-corrected chi connectivity index (χ4v) is 7.64. The van der Waals surface area contributed by atoms with E-state index < -0.39 is 11.9 Å². The highest BCUT2D eigenvalue weighted by atomic mass is 32.2. The minimum Gasteiger partial charge on any atom is -0.481 e. The van der Waals surface area contributed by atoms with Gasteiger partial charge < -0.3 is 19.8 Å². The molecule has 234 valence electrons. The van der Waals surface area contributed by atoms with Gasteiger partial charge in [0.05, 0.1) is 22.8 Å². The van der Waals surface area contributed by atoms with Crippen molar-refractivity contribution in [2.24, 2.45) is 7.05 Å². The Morgan fingerprint density at radius 2 is 1.49 bits per heavy atom. The lowest BCUT2D eigenvalue weighted by molar-refractivity contribution is -0.138. The fraction of sp³-hybridized carbons (Fsp3) is 0.371. The van der Waals surface area contributed by atoms with Crippen LogP contribution in [0.25, 0.3) is 44.4 Å². The van der Waals surface area contributed by atoms with E-state index in [1.165, 1.54) is 5.57 Å². The molecule has 1 fully saturated rings. The molecule has 8 bridgehead atoms. The molecule has 1 saturated heterocycles. The Bertz CT molecular complexity index is 2000. The Hall–Kier alpha value is -3.76. The first kappa shape index (κ1) is 31.2. The third-order valence-corrected chi connectivity index (χ3v) is 10.4. The van der Waals surface area contributed by atoms with Crippen molar-refractivity contribution < 1.29 is 19.8 Å². The number of nitrogens with zero attached hydrogens (tertiary/aromatic N) is 3. The zero-order valence-electron chi connectivity index (χ0n) is 26.2. The number of aromatic nitrogens is 4. The van der Waals surface area contributed by atoms with Gasteiger partial charge >= 0.3 is 11.9 Å². The normalized spacial score (nSPS) is 16.1. The van der Waals surface area contributed by atoms with Crippen LogP contribution in [0.5, 0.6) is 0 Å². The average Bonchev–Trinajstić information content (AvgIpc) is 3.58. The summed E-state index contributed by atoms with van der Waals surface area (Å²) < 4.78 is 2.10. The summed E-state index contributed by atoms with van der Waals surface area (Å²) in [6.07, 6.45) is 1.51. The average molecular weight is 643 g/mol. The first-order valence-corrected chi connectivity index (χ1v) is 16.9. The predicted molar refractivity (Wildman–Crippen MR) is 187 cm³/mol. The Labute approximate surface area is 272 Å². The summed E-state index contributed by atoms with van der Waals surface area (Å²) in [7, 11) is 2.00. The number of hydrogen-bond acceptors (Lipinski definition) is 6. The standard InChI is InChI=1S/C35H38N4O4S2/c1-17-21(6-8-33(40)41)28-15-31-23(7-9-34(42)43)19(3)30(39(31)5)14-27-22(10-11-44)18(2)25(37-27)13-29-35(32-16-45-32)20(4)26(38-29)12-24(17)36-28/h12-15,32,36,44H,6-11,16H2,1-5H3,(H,40,41)(H,42,43)/t32-/m1/s1. The molecule has 10 heteroatoms. The van der Waals surface area contributed by atoms with Gasteiger partial charge in [0.2, 0.25) is 0 Å². The summed E-state index contributed by atoms with van der Waals surface area (Å²) >= 11 is 6.49. The van der Waals surface area contributed by atoms with Crippen LogP contribution < -0.4 is 0 Å². The smallest absolute Gasteiger partial charge is 0.303 e. The summed E-state index contributed by atoms with van der Waals surface area (Å²) in [5.74, 6) is 0.0521. The second-order valence-electron chi connectivity index (χ2n) is 12.1. The van der Waals surface area contributed by atoms with E-state index in [4.69, 9.17) is 9.97 Å². The van der Waals surface area contributed by atoms with E-state index in [9.17, 15) is 19.8 Å². The number of allylic oxidation sites excluding steroid dienone is 3. The maximum absolute atomic E-state index is 11.7. The number of aryl methyl sites for hydroxylation is 5. The molecule has 0 unspecified atom stereocenters. The van der Waals surface area contributed by atoms with Gasteiger partial charge in [-0.15, -0.1) is 0 Å². The number of nitrogens with one attached hydrogen (secondary N) is 1. The molecule has 6 rings (SSSR count). The minimum atomic E-state index is -0.854. The molecule has 45 heavy (non-hydrogen) atoms. The fourth-order valence-electron chi connectivity index (χ4n) is 6.69. The molecule has 0 radical (unpaired) electrons. The van der Waals surface area contributed by atoms with Crippen molar-refractivity contribution in [1.29, 1.82) is 0 Å². The van der Waals surface area contributed by atoms with Crippen molar-refractivity contribution in [3.63, 3.8) is 0 Å². The van der Waals surface area contributed by atoms with Gasteiger partial charge in [-0.1, -0.05) is 0 Å². The molecule has 3 aliphatic rings. The second-order valence-corrected chi connectivity index (χ2v) is 13.7. The first-order chi connectivity index (χ1) is 21.5. The molecule has 3 aliphatic heterocycles. The van der Waals surface area contributed by atoms with E-state index in [0.717, 1.165) is 96.0 Å². The summed E-state index contributed by atoms with van der Waals surface area (Å²) in [5, 5.41) is 19.6. The van der Waals surface area contributed by atoms with Crippen molar-refractivity contribution in [1.82, 2.24) is 19.5 Å². The highest BCUT2D eigenvalue weighted by molar-refractivity contribution is 8.07. The molecule has 0 amide bonds. The molecule has 0 saturated carbocycles. The first-order valence-electron chi connectivity index (χ1n) is 15.3. The molecule has 0 spiro atoms. The highest BCUT2D eigenvalue weighted by Gasteiger charge is 2.34. The van der Waals surface area contributed by atoms with Gasteiger partial charge in [0, 0.05) is 53.0 Å². The van der Waals surface area contributed by atoms with Gasteiger partial charge in [-0.25, -0.2) is 9.97 Å². The van der Waals surface area contributed by atoms with E-state index in [0.29, 0.717) is 23.8 Å². The number of fused-ring (bicyclic) bond motifs is 8. The van der Waals surface area contributed by atoms with Crippen LogP contribution >= 0.6 is 24.4 Å². The number of aromatic amines is 1. The lowest BCUT2D eigenvalue weighted by Crippen LogP contribution is -1.99. The van der Waals surface area contributed by atoms with Crippen LogP contribution in [0.15, 0.2) is 24.3 Å². The van der Waals surface area contributed by atoms with Gasteiger partial charge in [0.15, 0.2) is 0 Å². The molecule has 1 atom stereocenters. The molecule has 3 aromatic heterocycles. The third-order valence-electron chi connectivity index (χ3n) is 9.32. The maximum Gasteiger partial charge on any atom is 0.303 e. The lowest BCUT2D eigenvalue weighted by Gasteiger charge is -2.03. The van der Waals surface area contributed by atoms with Crippen LogP contribution in [0.3, 0.4) is 0 Å². The zero-order chi connectivity index (χ0) is 32.2. The number of rotatable bonds is 9. The summed E-state index contributed by atoms with van der Waals surface area (Å²) in [4.78, 5) is 37.2. The number of hydrogen-bond donors (Lipinski definition) is 4. The van der Waals surface area contributed by atoms with E-state index in [2.05, 4.69) is 60.3 Å². The second kappa shape index (κ2) is 12.2. The quantitative estimate of drug-likeness (QED) is 0.143. The van der Waals surface area contributed by atoms with Crippen LogP contribution in [0, 0.1) is 13.8 Å². The maximum atomic E-state index is 11.7. The van der Waals surface area contributed by atoms with Gasteiger partial charge in [-0.2, -0.15) is 24.4 Å². The summed E-state index contributed by atoms with van der Waals surface area (Å²) in [5.41, 5.74) is 15.7. The molecule has 3 aromatic rings. The van der Waals surface area contributed by atoms with Crippen LogP contribution in [0.2, 0.25) is 0 Å². The van der Waals surface area contributed by atoms with Crippen molar-refractivity contribution in [2.45, 2.75) is 65.0 Å². The lowest BCUT2D eigenvalue weighted by atomic mass is 10.0. The third kappa shape index (κ3) is 5.86. The van der Waals surface area contributed by atoms with Crippen molar-refractivity contribution in [3.05, 3.63) is 69.3 Å². The number of aliphatic carboxylic acids is 2. The molecular formula is C35H38N4O4S2. The molecule has 6 heterocycles. The van der Waals surface area contributed by atoms with Gasteiger partial charge in [-0.3, -0.25) is 9.59 Å². The van der Waals surface area contributed by atoms with Crippen LogP contribution in [0.1, 0.15) is 78.1 Å². The summed E-state index contributed by atoms with van der Waals surface area (Å²) in [6.45, 7) is 8.32. The number of carboxylic acid groups (broad SMARTS) is 2. The summed E-state index contributed by atoms with van der Waals surface area (Å²) in [6, 6.07) is 8.37. The van der Waals surface area contributed by atoms with Gasteiger partial charge in [0.25, 0.3) is 0 Å². The Morgan fingerprint density at radius 3 is 2.13 bits per heavy atom. The largest absolute Gasteiger partial charge is 0.481 e. The van der Waals surface area contributed by atoms with E-state index >= 15 is 0 Å². The Morgan fingerprint density at radius 1 is 0.844 bits per heavy atom. The highest BCUT2D eigenvalue weighted by Crippen LogP contribution is 2.47. The number of thioether (sulfide) groups is 1. The number of carboxylic acids is 2. The monoisotopic (exact) mass is 642 g/mol. The SMILES string of the molecule is CC1=C(CCS)c2cc3c(C)c(CCC(=O)O)c(cc4[nH]c(cc5nc(cc1n2)C([C@H]1CS1)=C5C)c(C)c4CCC(=O)O)n3C. The number of carbonyl (C=O) groups is 2. The minimum absolute atomic E-state index is 0.00317. The van der Waals surface area contributed by atoms with Crippen molar-refractivity contribution >= 4 is 80.7 Å². The van der Waals surface area contributed by atoms with E-state index in [1.807, 2.05) is 32.7 Å². The van der Waals surface area contributed by atoms with Crippen molar-refractivity contribution in [2.75, 3.05) is 11.5 Å². The van der Waals surface area contributed by atoms with Gasteiger partial charge in [0.1, 0.15) is 0 Å². The molecule has 8 nitrogen and oxygen atoms in total. The Kier molecular flexibility index (Phi) is 8.47. The molecule has 0 aliphatic carbocycles. The topological polar surface area (TPSA) is 121 Å². The van der Waals surface area contributed by atoms with Crippen molar-refractivity contribution in [3.8, 4) is 0 Å². The molecule has 3 N–H and O–H groups in total. The van der Waals surface area contributed by atoms with Crippen LogP contribution in [-0.2, 0) is 29.5 Å². The number of thiol groups is 1. The van der Waals surface area contributed by atoms with Crippen LogP contribution in [-0.4, -0.2) is 58.4 Å². The molecule has 0 aromatic carbocycles. The van der Waals surface area contributed by atoms with Crippen LogP contribution in [0.4, 0.5) is 0 Å². The molecular weight excluding hydrogens is 605 g/mol. The number of H-pyrrole nitrogens is 1. The van der Waals surface area contributed by atoms with Gasteiger partial charge in [-0.05, 0) is 122 Å². The Balaban J connectivity index is 1.76.